The lowest BCUT2D eigenvalue weighted by molar-refractivity contribution is -0.136. The van der Waals surface area contributed by atoms with Gasteiger partial charge in [-0.2, -0.15) is 0 Å². The first-order chi connectivity index (χ1) is 15.3. The van der Waals surface area contributed by atoms with Crippen molar-refractivity contribution >= 4 is 17.8 Å². The Morgan fingerprint density at radius 3 is 2.31 bits per heavy atom. The number of aromatic nitrogens is 2. The number of carbonyl (C=O) groups excluding carboxylic acids is 2. The van der Waals surface area contributed by atoms with E-state index < -0.39 is 0 Å². The van der Waals surface area contributed by atoms with Gasteiger partial charge in [0, 0.05) is 29.9 Å². The Kier molecular flexibility index (Phi) is 7.30. The summed E-state index contributed by atoms with van der Waals surface area (Å²) in [4.78, 5) is 31.3. The lowest BCUT2D eigenvalue weighted by Gasteiger charge is -2.25. The van der Waals surface area contributed by atoms with Crippen molar-refractivity contribution in [3.05, 3.63) is 60.3 Å². The smallest absolute Gasteiger partial charge is 0.246 e. The van der Waals surface area contributed by atoms with Crippen molar-refractivity contribution in [2.24, 2.45) is 0 Å². The molecule has 0 atom stereocenters. The molecule has 0 aliphatic carbocycles. The number of nitrogens with one attached hydrogen (secondary N) is 1. The number of amides is 2. The third-order valence-corrected chi connectivity index (χ3v) is 5.22. The number of hydrogen-bond donors (Lipinski definition) is 1. The number of carbonyl (C=O) groups is 2. The molecule has 0 saturated heterocycles. The highest BCUT2D eigenvalue weighted by Crippen LogP contribution is 2.26. The van der Waals surface area contributed by atoms with E-state index in [1.165, 1.54) is 0 Å². The Hall–Kier alpha value is -3.61. The molecule has 0 bridgehead atoms. The van der Waals surface area contributed by atoms with Crippen LogP contribution < -0.4 is 10.1 Å². The van der Waals surface area contributed by atoms with Crippen LogP contribution in [-0.2, 0) is 9.59 Å². The molecule has 1 heterocycles. The molecule has 0 saturated carbocycles. The van der Waals surface area contributed by atoms with Gasteiger partial charge >= 0.3 is 0 Å². The van der Waals surface area contributed by atoms with Crippen molar-refractivity contribution in [2.45, 2.75) is 40.2 Å². The van der Waals surface area contributed by atoms with Crippen molar-refractivity contribution in [3.8, 4) is 22.7 Å². The maximum Gasteiger partial charge on any atom is 0.246 e. The minimum absolute atomic E-state index is 0.0248. The number of nitrogens with zero attached hydrogens (tertiary/aromatic N) is 3. The highest BCUT2D eigenvalue weighted by molar-refractivity contribution is 5.94. The molecule has 7 nitrogen and oxygen atoms in total. The van der Waals surface area contributed by atoms with Crippen LogP contribution in [0.5, 0.6) is 5.75 Å². The van der Waals surface area contributed by atoms with E-state index >= 15 is 0 Å². The maximum atomic E-state index is 12.8. The van der Waals surface area contributed by atoms with E-state index in [4.69, 9.17) is 4.74 Å². The van der Waals surface area contributed by atoms with Gasteiger partial charge in [0.15, 0.2) is 0 Å². The SMILES string of the molecule is CCC(=O)N(CC(=O)Nc1nc(-c2ccc(OC)cc2)cn1-c1ccc(C)cc1)C(C)C. The minimum atomic E-state index is -0.291. The number of ether oxygens (including phenoxy) is 1. The molecule has 2 amide bonds. The summed E-state index contributed by atoms with van der Waals surface area (Å²) in [5.41, 5.74) is 3.63. The van der Waals surface area contributed by atoms with E-state index in [1.807, 2.05) is 80.1 Å². The van der Waals surface area contributed by atoms with Crippen LogP contribution in [0.25, 0.3) is 16.9 Å². The van der Waals surface area contributed by atoms with Gasteiger partial charge in [-0.15, -0.1) is 0 Å². The summed E-state index contributed by atoms with van der Waals surface area (Å²) in [6.45, 7) is 7.59. The predicted octanol–water partition coefficient (Wildman–Crippen LogP) is 4.44. The summed E-state index contributed by atoms with van der Waals surface area (Å²) in [5, 5.41) is 2.89. The standard InChI is InChI=1S/C25H30N4O3/c1-6-24(31)28(17(2)3)16-23(30)27-25-26-22(19-9-13-21(32-5)14-10-19)15-29(25)20-11-7-18(4)8-12-20/h7-15,17H,6,16H2,1-5H3,(H,26,27,30). The summed E-state index contributed by atoms with van der Waals surface area (Å²) in [5.74, 6) is 0.809. The third-order valence-electron chi connectivity index (χ3n) is 5.22. The lowest BCUT2D eigenvalue weighted by Crippen LogP contribution is -2.42. The minimum Gasteiger partial charge on any atom is -0.497 e. The second-order valence-electron chi connectivity index (χ2n) is 7.90. The summed E-state index contributed by atoms with van der Waals surface area (Å²) in [6.07, 6.45) is 2.24. The Balaban J connectivity index is 1.93. The number of imidazole rings is 1. The predicted molar refractivity (Wildman–Crippen MR) is 126 cm³/mol. The zero-order valence-corrected chi connectivity index (χ0v) is 19.3. The van der Waals surface area contributed by atoms with Gasteiger partial charge in [0.25, 0.3) is 0 Å². The average molecular weight is 435 g/mol. The van der Waals surface area contributed by atoms with Gasteiger partial charge in [-0.3, -0.25) is 19.5 Å². The first kappa shape index (κ1) is 23.1. The number of aryl methyl sites for hydroxylation is 1. The van der Waals surface area contributed by atoms with Gasteiger partial charge in [-0.25, -0.2) is 4.98 Å². The van der Waals surface area contributed by atoms with Crippen LogP contribution in [0.4, 0.5) is 5.95 Å². The average Bonchev–Trinajstić information content (AvgIpc) is 3.20. The van der Waals surface area contributed by atoms with Crippen LogP contribution in [0.2, 0.25) is 0 Å². The van der Waals surface area contributed by atoms with Crippen molar-refractivity contribution in [1.29, 1.82) is 0 Å². The molecule has 0 aliphatic rings. The van der Waals surface area contributed by atoms with Crippen LogP contribution >= 0.6 is 0 Å². The molecule has 7 heteroatoms. The molecular weight excluding hydrogens is 404 g/mol. The van der Waals surface area contributed by atoms with E-state index in [1.54, 1.807) is 18.9 Å². The summed E-state index contributed by atoms with van der Waals surface area (Å²) >= 11 is 0. The number of methoxy groups -OCH3 is 1. The van der Waals surface area contributed by atoms with Gasteiger partial charge in [-0.05, 0) is 57.2 Å². The molecule has 1 aromatic heterocycles. The Bertz CT molecular complexity index is 1070. The van der Waals surface area contributed by atoms with Crippen LogP contribution in [0.1, 0.15) is 32.8 Å². The van der Waals surface area contributed by atoms with E-state index in [-0.39, 0.29) is 24.4 Å². The van der Waals surface area contributed by atoms with Crippen molar-refractivity contribution < 1.29 is 14.3 Å². The quantitative estimate of drug-likeness (QED) is 0.569. The number of anilines is 1. The second-order valence-corrected chi connectivity index (χ2v) is 7.90. The van der Waals surface area contributed by atoms with Crippen LogP contribution in [0, 0.1) is 6.92 Å². The van der Waals surface area contributed by atoms with E-state index in [0.29, 0.717) is 18.1 Å². The molecule has 1 N–H and O–H groups in total. The normalized spacial score (nSPS) is 10.8. The highest BCUT2D eigenvalue weighted by atomic mass is 16.5. The second kappa shape index (κ2) is 10.1. The zero-order chi connectivity index (χ0) is 23.3. The van der Waals surface area contributed by atoms with E-state index in [0.717, 1.165) is 22.6 Å². The zero-order valence-electron chi connectivity index (χ0n) is 19.3. The molecule has 168 valence electrons. The van der Waals surface area contributed by atoms with E-state index in [2.05, 4.69) is 10.3 Å². The fourth-order valence-electron chi connectivity index (χ4n) is 3.35. The molecule has 3 rings (SSSR count). The van der Waals surface area contributed by atoms with Crippen LogP contribution in [0.15, 0.2) is 54.7 Å². The molecule has 0 unspecified atom stereocenters. The first-order valence-electron chi connectivity index (χ1n) is 10.7. The summed E-state index contributed by atoms with van der Waals surface area (Å²) in [6, 6.07) is 15.5. The Labute approximate surface area is 189 Å². The van der Waals surface area contributed by atoms with Gasteiger partial charge in [-0.1, -0.05) is 24.6 Å². The Morgan fingerprint density at radius 2 is 1.75 bits per heavy atom. The van der Waals surface area contributed by atoms with Crippen molar-refractivity contribution in [1.82, 2.24) is 14.5 Å². The molecular formula is C25H30N4O3. The van der Waals surface area contributed by atoms with Gasteiger partial charge in [0.2, 0.25) is 17.8 Å². The third kappa shape index (κ3) is 5.35. The molecule has 3 aromatic rings. The van der Waals surface area contributed by atoms with Crippen LogP contribution in [0.3, 0.4) is 0 Å². The summed E-state index contributed by atoms with van der Waals surface area (Å²) < 4.78 is 7.08. The number of hydrogen-bond acceptors (Lipinski definition) is 4. The number of rotatable bonds is 8. The van der Waals surface area contributed by atoms with Gasteiger partial charge in [0.05, 0.1) is 12.8 Å². The maximum absolute atomic E-state index is 12.8. The first-order valence-corrected chi connectivity index (χ1v) is 10.7. The molecule has 32 heavy (non-hydrogen) atoms. The molecule has 0 fully saturated rings. The van der Waals surface area contributed by atoms with Gasteiger partial charge in [0.1, 0.15) is 12.3 Å². The fraction of sp³-hybridized carbons (Fsp3) is 0.320. The topological polar surface area (TPSA) is 76.5 Å². The Morgan fingerprint density at radius 1 is 1.09 bits per heavy atom. The van der Waals surface area contributed by atoms with Crippen molar-refractivity contribution in [3.63, 3.8) is 0 Å². The van der Waals surface area contributed by atoms with Crippen molar-refractivity contribution in [2.75, 3.05) is 19.0 Å². The van der Waals surface area contributed by atoms with E-state index in [9.17, 15) is 9.59 Å². The summed E-state index contributed by atoms with van der Waals surface area (Å²) in [7, 11) is 1.62. The number of benzene rings is 2. The van der Waals surface area contributed by atoms with Crippen LogP contribution in [-0.4, -0.2) is 46.0 Å². The largest absolute Gasteiger partial charge is 0.497 e. The molecule has 2 aromatic carbocycles. The van der Waals surface area contributed by atoms with Gasteiger partial charge < -0.3 is 9.64 Å². The molecule has 0 aliphatic heterocycles. The fourth-order valence-corrected chi connectivity index (χ4v) is 3.35. The molecule has 0 spiro atoms. The molecule has 0 radical (unpaired) electrons. The lowest BCUT2D eigenvalue weighted by atomic mass is 10.1. The highest BCUT2D eigenvalue weighted by Gasteiger charge is 2.20. The monoisotopic (exact) mass is 434 g/mol.